The Kier molecular flexibility index (Phi) is 5.52. The van der Waals surface area contributed by atoms with E-state index in [1.165, 1.54) is 12.8 Å². The Morgan fingerprint density at radius 2 is 1.82 bits per heavy atom. The molecule has 1 rings (SSSR count). The van der Waals surface area contributed by atoms with Crippen LogP contribution in [0.15, 0.2) is 9.47 Å². The molecule has 0 amide bonds. The summed E-state index contributed by atoms with van der Waals surface area (Å²) in [5, 5.41) is 0.328. The second-order valence-corrected chi connectivity index (χ2v) is 14.2. The Bertz CT molecular complexity index is 284. The summed E-state index contributed by atoms with van der Waals surface area (Å²) in [5.74, 6) is 1.50. The first-order chi connectivity index (χ1) is 7.62. The molecular formula is C13H24Br2OSi. The monoisotopic (exact) mass is 382 g/mol. The van der Waals surface area contributed by atoms with Crippen molar-refractivity contribution < 1.29 is 4.43 Å². The molecule has 0 atom stereocenters. The average Bonchev–Trinajstić information content (AvgIpc) is 2.06. The molecule has 0 aromatic heterocycles. The van der Waals surface area contributed by atoms with Gasteiger partial charge in [-0.05, 0) is 74.7 Å². The fourth-order valence-electron chi connectivity index (χ4n) is 1.78. The van der Waals surface area contributed by atoms with Gasteiger partial charge in [-0.15, -0.1) is 0 Å². The van der Waals surface area contributed by atoms with Gasteiger partial charge >= 0.3 is 0 Å². The van der Waals surface area contributed by atoms with Crippen LogP contribution in [0.5, 0.6) is 0 Å². The summed E-state index contributed by atoms with van der Waals surface area (Å²) in [6.45, 7) is 12.5. The van der Waals surface area contributed by atoms with E-state index in [1.54, 1.807) is 0 Å². The van der Waals surface area contributed by atoms with Crippen LogP contribution in [0.4, 0.5) is 0 Å². The van der Waals surface area contributed by atoms with Crippen molar-refractivity contribution in [2.75, 3.05) is 6.61 Å². The standard InChI is InChI=1S/C13H24Br2OSi/c1-13(2,3)17(4,5)16-9-11-6-10(7-11)8-12(14)15/h8,10-11H,6-7,9H2,1-5H3. The second kappa shape index (κ2) is 5.89. The van der Waals surface area contributed by atoms with Gasteiger partial charge in [-0.25, -0.2) is 0 Å². The highest BCUT2D eigenvalue weighted by Crippen LogP contribution is 2.40. The van der Waals surface area contributed by atoms with E-state index in [0.29, 0.717) is 5.04 Å². The summed E-state index contributed by atoms with van der Waals surface area (Å²) in [6, 6.07) is 0. The molecule has 4 heteroatoms. The average molecular weight is 384 g/mol. The molecule has 0 spiro atoms. The van der Waals surface area contributed by atoms with E-state index >= 15 is 0 Å². The third-order valence-electron chi connectivity index (χ3n) is 4.12. The Morgan fingerprint density at radius 1 is 1.29 bits per heavy atom. The van der Waals surface area contributed by atoms with Gasteiger partial charge in [0.25, 0.3) is 0 Å². The molecular weight excluding hydrogens is 360 g/mol. The van der Waals surface area contributed by atoms with Crippen LogP contribution in [0, 0.1) is 11.8 Å². The first kappa shape index (κ1) is 15.9. The molecule has 1 aliphatic rings. The highest BCUT2D eigenvalue weighted by atomic mass is 79.9. The molecule has 0 aliphatic heterocycles. The van der Waals surface area contributed by atoms with Gasteiger partial charge in [0.2, 0.25) is 0 Å². The molecule has 0 unspecified atom stereocenters. The van der Waals surface area contributed by atoms with E-state index < -0.39 is 8.32 Å². The molecule has 1 aliphatic carbocycles. The van der Waals surface area contributed by atoms with Gasteiger partial charge in [0.1, 0.15) is 0 Å². The zero-order valence-electron chi connectivity index (χ0n) is 11.5. The Hall–Kier alpha value is 0.877. The molecule has 0 heterocycles. The molecule has 0 radical (unpaired) electrons. The summed E-state index contributed by atoms with van der Waals surface area (Å²) >= 11 is 6.84. The molecule has 0 saturated heterocycles. The van der Waals surface area contributed by atoms with Gasteiger partial charge in [-0.3, -0.25) is 0 Å². The molecule has 1 fully saturated rings. The van der Waals surface area contributed by atoms with Gasteiger partial charge in [-0.2, -0.15) is 0 Å². The van der Waals surface area contributed by atoms with E-state index in [0.717, 1.165) is 21.8 Å². The lowest BCUT2D eigenvalue weighted by Gasteiger charge is -2.40. The molecule has 100 valence electrons. The zero-order valence-corrected chi connectivity index (χ0v) is 15.7. The van der Waals surface area contributed by atoms with E-state index in [4.69, 9.17) is 4.43 Å². The minimum absolute atomic E-state index is 0.328. The van der Waals surface area contributed by atoms with Crippen molar-refractivity contribution in [1.29, 1.82) is 0 Å². The topological polar surface area (TPSA) is 9.23 Å². The Labute approximate surface area is 124 Å². The number of rotatable bonds is 4. The third kappa shape index (κ3) is 4.81. The molecule has 0 bridgehead atoms. The van der Waals surface area contributed by atoms with E-state index in [9.17, 15) is 0 Å². The molecule has 0 N–H and O–H groups in total. The van der Waals surface area contributed by atoms with Crippen LogP contribution in [0.3, 0.4) is 0 Å². The number of halogens is 2. The van der Waals surface area contributed by atoms with Crippen molar-refractivity contribution in [2.45, 2.75) is 51.7 Å². The van der Waals surface area contributed by atoms with E-state index in [-0.39, 0.29) is 0 Å². The van der Waals surface area contributed by atoms with E-state index in [2.05, 4.69) is 71.8 Å². The third-order valence-corrected chi connectivity index (χ3v) is 9.15. The van der Waals surface area contributed by atoms with Crippen molar-refractivity contribution in [3.8, 4) is 0 Å². The summed E-state index contributed by atoms with van der Waals surface area (Å²) < 4.78 is 7.33. The lowest BCUT2D eigenvalue weighted by molar-refractivity contribution is 0.135. The SMILES string of the molecule is CC(C)(C)[Si](C)(C)OCC1CC(C=C(Br)Br)C1. The summed E-state index contributed by atoms with van der Waals surface area (Å²) in [5.41, 5.74) is 0. The van der Waals surface area contributed by atoms with Gasteiger partial charge < -0.3 is 4.43 Å². The lowest BCUT2D eigenvalue weighted by atomic mass is 9.76. The lowest BCUT2D eigenvalue weighted by Crippen LogP contribution is -2.43. The first-order valence-electron chi connectivity index (χ1n) is 6.28. The van der Waals surface area contributed by atoms with Gasteiger partial charge in [0, 0.05) is 6.61 Å². The van der Waals surface area contributed by atoms with Gasteiger partial charge in [0.05, 0.1) is 3.39 Å². The minimum Gasteiger partial charge on any atom is -0.417 e. The molecule has 1 nitrogen and oxygen atoms in total. The molecule has 0 aromatic rings. The fraction of sp³-hybridized carbons (Fsp3) is 0.846. The van der Waals surface area contributed by atoms with Crippen LogP contribution in [-0.2, 0) is 4.43 Å². The van der Waals surface area contributed by atoms with Crippen molar-refractivity contribution in [1.82, 2.24) is 0 Å². The van der Waals surface area contributed by atoms with Crippen molar-refractivity contribution in [3.05, 3.63) is 9.47 Å². The number of hydrogen-bond donors (Lipinski definition) is 0. The maximum atomic E-state index is 6.25. The van der Waals surface area contributed by atoms with E-state index in [1.807, 2.05) is 0 Å². The maximum absolute atomic E-state index is 6.25. The smallest absolute Gasteiger partial charge is 0.191 e. The van der Waals surface area contributed by atoms with Crippen molar-refractivity contribution >= 4 is 40.2 Å². The molecule has 17 heavy (non-hydrogen) atoms. The van der Waals surface area contributed by atoms with Crippen LogP contribution >= 0.6 is 31.9 Å². The van der Waals surface area contributed by atoms with Crippen LogP contribution in [-0.4, -0.2) is 14.9 Å². The predicted molar refractivity (Wildman–Crippen MR) is 85.3 cm³/mol. The summed E-state index contributed by atoms with van der Waals surface area (Å²) in [7, 11) is -1.54. The van der Waals surface area contributed by atoms with Crippen LogP contribution < -0.4 is 0 Å². The predicted octanol–water partition coefficient (Wildman–Crippen LogP) is 5.67. The van der Waals surface area contributed by atoms with Gasteiger partial charge in [-0.1, -0.05) is 26.8 Å². The molecule has 1 saturated carbocycles. The van der Waals surface area contributed by atoms with Crippen molar-refractivity contribution in [2.24, 2.45) is 11.8 Å². The highest BCUT2D eigenvalue weighted by Gasteiger charge is 2.38. The maximum Gasteiger partial charge on any atom is 0.191 e. The zero-order chi connectivity index (χ0) is 13.3. The van der Waals surface area contributed by atoms with Crippen LogP contribution in [0.25, 0.3) is 0 Å². The Balaban J connectivity index is 2.29. The summed E-state index contributed by atoms with van der Waals surface area (Å²) in [4.78, 5) is 0. The number of hydrogen-bond acceptors (Lipinski definition) is 1. The second-order valence-electron chi connectivity index (χ2n) is 6.63. The Morgan fingerprint density at radius 3 is 2.24 bits per heavy atom. The fourth-order valence-corrected chi connectivity index (χ4v) is 3.61. The quantitative estimate of drug-likeness (QED) is 0.568. The minimum atomic E-state index is -1.54. The highest BCUT2D eigenvalue weighted by molar-refractivity contribution is 9.28. The van der Waals surface area contributed by atoms with Crippen molar-refractivity contribution in [3.63, 3.8) is 0 Å². The molecule has 0 aromatic carbocycles. The normalized spacial score (nSPS) is 25.4. The van der Waals surface area contributed by atoms with Crippen LogP contribution in [0.1, 0.15) is 33.6 Å². The van der Waals surface area contributed by atoms with Gasteiger partial charge in [0.15, 0.2) is 8.32 Å². The summed E-state index contributed by atoms with van der Waals surface area (Å²) in [6.07, 6.45) is 4.80. The first-order valence-corrected chi connectivity index (χ1v) is 10.8. The van der Waals surface area contributed by atoms with Crippen LogP contribution in [0.2, 0.25) is 18.1 Å². The largest absolute Gasteiger partial charge is 0.417 e. The number of allylic oxidation sites excluding steroid dienone is 1.